The van der Waals surface area contributed by atoms with Gasteiger partial charge in [0.2, 0.25) is 0 Å². The minimum Gasteiger partial charge on any atom is -0.480 e. The fourth-order valence-corrected chi connectivity index (χ4v) is 2.96. The van der Waals surface area contributed by atoms with Gasteiger partial charge < -0.3 is 5.11 Å². The lowest BCUT2D eigenvalue weighted by molar-refractivity contribution is -0.136. The summed E-state index contributed by atoms with van der Waals surface area (Å²) in [6.45, 7) is 2.22. The van der Waals surface area contributed by atoms with Crippen LogP contribution in [0.5, 0.6) is 0 Å². The number of aliphatic carboxylic acids is 1. The van der Waals surface area contributed by atoms with E-state index in [0.717, 1.165) is 16.5 Å². The number of hydrogen-bond acceptors (Lipinski definition) is 5. The van der Waals surface area contributed by atoms with Crippen molar-refractivity contribution < 1.29 is 9.90 Å². The van der Waals surface area contributed by atoms with Crippen LogP contribution in [0.2, 0.25) is 0 Å². The molecule has 0 saturated carbocycles. The Morgan fingerprint density at radius 3 is 2.95 bits per heavy atom. The molecule has 0 aliphatic carbocycles. The lowest BCUT2D eigenvalue weighted by Crippen LogP contribution is -2.11. The van der Waals surface area contributed by atoms with Crippen LogP contribution >= 0.6 is 11.8 Å². The third kappa shape index (κ3) is 3.09. The smallest absolute Gasteiger partial charge is 0.316 e. The van der Waals surface area contributed by atoms with E-state index in [1.54, 1.807) is 17.9 Å². The predicted octanol–water partition coefficient (Wildman–Crippen LogP) is 2.44. The van der Waals surface area contributed by atoms with Crippen LogP contribution in [0.3, 0.4) is 0 Å². The van der Waals surface area contributed by atoms with Crippen LogP contribution in [0.15, 0.2) is 48.0 Å². The van der Waals surface area contributed by atoms with Crippen molar-refractivity contribution in [1.82, 2.24) is 19.7 Å². The van der Waals surface area contributed by atoms with E-state index in [1.165, 1.54) is 18.1 Å². The summed E-state index contributed by atoms with van der Waals surface area (Å²) < 4.78 is 1.73. The third-order valence-electron chi connectivity index (χ3n) is 3.22. The zero-order valence-electron chi connectivity index (χ0n) is 11.9. The molecule has 112 valence electrons. The number of pyridine rings is 1. The van der Waals surface area contributed by atoms with Crippen LogP contribution in [-0.4, -0.2) is 36.1 Å². The first-order valence-electron chi connectivity index (χ1n) is 6.74. The van der Waals surface area contributed by atoms with Crippen molar-refractivity contribution >= 4 is 28.6 Å². The summed E-state index contributed by atoms with van der Waals surface area (Å²) in [5.74, 6) is -0.849. The van der Waals surface area contributed by atoms with E-state index in [0.29, 0.717) is 11.6 Å². The van der Waals surface area contributed by atoms with Gasteiger partial charge in [-0.15, -0.1) is 0 Å². The van der Waals surface area contributed by atoms with Gasteiger partial charge in [-0.1, -0.05) is 30.0 Å². The Hall–Kier alpha value is -2.41. The van der Waals surface area contributed by atoms with Crippen molar-refractivity contribution in [3.63, 3.8) is 0 Å². The van der Waals surface area contributed by atoms with E-state index in [2.05, 4.69) is 15.1 Å². The Bertz CT molecular complexity index is 804. The van der Waals surface area contributed by atoms with Crippen molar-refractivity contribution in [2.75, 3.05) is 0 Å². The minimum atomic E-state index is -0.849. The van der Waals surface area contributed by atoms with Gasteiger partial charge >= 0.3 is 5.97 Å². The van der Waals surface area contributed by atoms with E-state index in [9.17, 15) is 4.79 Å². The highest BCUT2D eigenvalue weighted by atomic mass is 32.2. The molecule has 0 radical (unpaired) electrons. The van der Waals surface area contributed by atoms with Gasteiger partial charge in [-0.2, -0.15) is 5.10 Å². The van der Waals surface area contributed by atoms with Crippen molar-refractivity contribution in [2.45, 2.75) is 23.7 Å². The number of hydrogen-bond donors (Lipinski definition) is 1. The van der Waals surface area contributed by atoms with Crippen LogP contribution in [0.1, 0.15) is 12.5 Å². The van der Waals surface area contributed by atoms with Crippen molar-refractivity contribution in [3.05, 3.63) is 48.5 Å². The first-order valence-corrected chi connectivity index (χ1v) is 7.62. The second-order valence-corrected chi connectivity index (χ2v) is 6.19. The van der Waals surface area contributed by atoms with E-state index in [4.69, 9.17) is 5.11 Å². The van der Waals surface area contributed by atoms with Gasteiger partial charge in [0.05, 0.1) is 17.1 Å². The van der Waals surface area contributed by atoms with Crippen LogP contribution < -0.4 is 0 Å². The van der Waals surface area contributed by atoms with Crippen molar-refractivity contribution in [2.24, 2.45) is 0 Å². The summed E-state index contributed by atoms with van der Waals surface area (Å²) in [7, 11) is 0. The van der Waals surface area contributed by atoms with Gasteiger partial charge in [0.15, 0.2) is 0 Å². The van der Waals surface area contributed by atoms with Crippen molar-refractivity contribution in [3.8, 4) is 0 Å². The molecule has 0 saturated heterocycles. The number of nitrogens with zero attached hydrogens (tertiary/aromatic N) is 4. The lowest BCUT2D eigenvalue weighted by Gasteiger charge is -2.11. The average molecular weight is 314 g/mol. The standard InChI is InChI=1S/C15H14N4O2S/c1-10(15(20)21)22-14-6-11(7-19-9-16-8-17-19)12-4-2-3-5-13(12)18-14/h2-6,8-10H,7H2,1H3,(H,20,21). The van der Waals surface area contributed by atoms with Crippen molar-refractivity contribution in [1.29, 1.82) is 0 Å². The Balaban J connectivity index is 2.02. The molecule has 1 N–H and O–H groups in total. The molecule has 2 aromatic heterocycles. The Kier molecular flexibility index (Phi) is 4.06. The second-order valence-electron chi connectivity index (χ2n) is 4.83. The number of aromatic nitrogens is 4. The molecular weight excluding hydrogens is 300 g/mol. The number of thioether (sulfide) groups is 1. The molecule has 0 fully saturated rings. The number of carboxylic acids is 1. The van der Waals surface area contributed by atoms with Gasteiger partial charge in [-0.3, -0.25) is 4.79 Å². The predicted molar refractivity (Wildman–Crippen MR) is 83.8 cm³/mol. The van der Waals surface area contributed by atoms with E-state index in [1.807, 2.05) is 30.3 Å². The number of carboxylic acid groups (broad SMARTS) is 1. The van der Waals surface area contributed by atoms with Crippen LogP contribution in [0.25, 0.3) is 10.9 Å². The van der Waals surface area contributed by atoms with Gasteiger partial charge in [-0.05, 0) is 24.6 Å². The van der Waals surface area contributed by atoms with Gasteiger partial charge in [0.25, 0.3) is 0 Å². The molecule has 22 heavy (non-hydrogen) atoms. The SMILES string of the molecule is CC(Sc1cc(Cn2cncn2)c2ccccc2n1)C(=O)O. The maximum Gasteiger partial charge on any atom is 0.316 e. The fraction of sp³-hybridized carbons (Fsp3) is 0.200. The Morgan fingerprint density at radius 2 is 2.23 bits per heavy atom. The highest BCUT2D eigenvalue weighted by molar-refractivity contribution is 8.00. The largest absolute Gasteiger partial charge is 0.480 e. The average Bonchev–Trinajstić information content (AvgIpc) is 3.00. The molecule has 6 nitrogen and oxygen atoms in total. The summed E-state index contributed by atoms with van der Waals surface area (Å²) >= 11 is 1.24. The molecule has 3 aromatic rings. The molecule has 0 spiro atoms. The number of rotatable bonds is 5. The van der Waals surface area contributed by atoms with Gasteiger partial charge in [0, 0.05) is 5.39 Å². The molecule has 3 rings (SSSR count). The highest BCUT2D eigenvalue weighted by Crippen LogP contribution is 2.27. The molecule has 7 heteroatoms. The summed E-state index contributed by atoms with van der Waals surface area (Å²) in [5.41, 5.74) is 1.89. The molecular formula is C15H14N4O2S. The number of para-hydroxylation sites is 1. The van der Waals surface area contributed by atoms with E-state index < -0.39 is 11.2 Å². The highest BCUT2D eigenvalue weighted by Gasteiger charge is 2.15. The maximum atomic E-state index is 11.0. The summed E-state index contributed by atoms with van der Waals surface area (Å²) in [4.78, 5) is 19.5. The Labute approximate surface area is 131 Å². The monoisotopic (exact) mass is 314 g/mol. The lowest BCUT2D eigenvalue weighted by atomic mass is 10.1. The van der Waals surface area contributed by atoms with Gasteiger partial charge in [0.1, 0.15) is 17.9 Å². The van der Waals surface area contributed by atoms with E-state index >= 15 is 0 Å². The molecule has 0 amide bonds. The normalized spacial score (nSPS) is 12.4. The van der Waals surface area contributed by atoms with Crippen LogP contribution in [-0.2, 0) is 11.3 Å². The fourth-order valence-electron chi connectivity index (χ4n) is 2.13. The Morgan fingerprint density at radius 1 is 1.41 bits per heavy atom. The summed E-state index contributed by atoms with van der Waals surface area (Å²) in [6, 6.07) is 9.73. The molecule has 0 bridgehead atoms. The number of benzene rings is 1. The quantitative estimate of drug-likeness (QED) is 0.729. The molecule has 0 aliphatic heterocycles. The second kappa shape index (κ2) is 6.15. The first-order chi connectivity index (χ1) is 10.6. The summed E-state index contributed by atoms with van der Waals surface area (Å²) in [6.07, 6.45) is 3.15. The first kappa shape index (κ1) is 14.5. The van der Waals surface area contributed by atoms with Gasteiger partial charge in [-0.25, -0.2) is 14.6 Å². The molecule has 1 aromatic carbocycles. The van der Waals surface area contributed by atoms with E-state index in [-0.39, 0.29) is 0 Å². The van der Waals surface area contributed by atoms with Crippen LogP contribution in [0.4, 0.5) is 0 Å². The molecule has 0 aliphatic rings. The molecule has 2 heterocycles. The topological polar surface area (TPSA) is 80.9 Å². The maximum absolute atomic E-state index is 11.0. The van der Waals surface area contributed by atoms with Crippen LogP contribution in [0, 0.1) is 0 Å². The minimum absolute atomic E-state index is 0.548. The molecule has 1 unspecified atom stereocenters. The number of carbonyl (C=O) groups is 1. The molecule has 1 atom stereocenters. The number of fused-ring (bicyclic) bond motifs is 1. The third-order valence-corrected chi connectivity index (χ3v) is 4.23. The zero-order valence-corrected chi connectivity index (χ0v) is 12.7. The summed E-state index contributed by atoms with van der Waals surface area (Å²) in [5, 5.41) is 14.4. The zero-order chi connectivity index (χ0) is 15.5.